The smallest absolute Gasteiger partial charge is 0.0953 e. The Hall–Kier alpha value is -1.68. The van der Waals surface area contributed by atoms with Crippen molar-refractivity contribution >= 4 is 0 Å². The summed E-state index contributed by atoms with van der Waals surface area (Å²) in [5, 5.41) is 3.49. The molecule has 1 fully saturated rings. The van der Waals surface area contributed by atoms with E-state index in [0.29, 0.717) is 12.0 Å². The van der Waals surface area contributed by atoms with Crippen LogP contribution in [0.1, 0.15) is 25.8 Å². The first-order valence-corrected chi connectivity index (χ1v) is 6.99. The Labute approximate surface area is 113 Å². The van der Waals surface area contributed by atoms with Crippen molar-refractivity contribution in [3.05, 3.63) is 37.1 Å². The summed E-state index contributed by atoms with van der Waals surface area (Å²) in [4.78, 5) is 8.42. The van der Waals surface area contributed by atoms with Crippen molar-refractivity contribution in [2.45, 2.75) is 25.8 Å². The maximum absolute atomic E-state index is 4.34. The number of hydrogen-bond acceptors (Lipinski definition) is 3. The number of nitrogens with zero attached hydrogens (tertiary/aromatic N) is 3. The summed E-state index contributed by atoms with van der Waals surface area (Å²) in [5.41, 5.74) is 2.36. The van der Waals surface area contributed by atoms with Gasteiger partial charge >= 0.3 is 0 Å². The lowest BCUT2D eigenvalue weighted by atomic mass is 9.92. The second kappa shape index (κ2) is 5.53. The minimum absolute atomic E-state index is 0.471. The van der Waals surface area contributed by atoms with Gasteiger partial charge in [-0.15, -0.1) is 0 Å². The van der Waals surface area contributed by atoms with E-state index in [4.69, 9.17) is 0 Å². The summed E-state index contributed by atoms with van der Waals surface area (Å²) >= 11 is 0. The van der Waals surface area contributed by atoms with Gasteiger partial charge in [0.25, 0.3) is 0 Å². The summed E-state index contributed by atoms with van der Waals surface area (Å²) in [7, 11) is 0. The molecule has 2 aromatic rings. The maximum atomic E-state index is 4.34. The van der Waals surface area contributed by atoms with Gasteiger partial charge in [-0.2, -0.15) is 0 Å². The van der Waals surface area contributed by atoms with Gasteiger partial charge in [0.05, 0.1) is 18.2 Å². The maximum Gasteiger partial charge on any atom is 0.0953 e. The summed E-state index contributed by atoms with van der Waals surface area (Å²) in [6, 6.07) is 4.55. The Morgan fingerprint density at radius 3 is 2.89 bits per heavy atom. The molecule has 3 rings (SSSR count). The molecule has 0 amide bonds. The van der Waals surface area contributed by atoms with Gasteiger partial charge < -0.3 is 9.88 Å². The van der Waals surface area contributed by atoms with Gasteiger partial charge in [-0.1, -0.05) is 0 Å². The minimum atomic E-state index is 0.471. The number of imidazole rings is 1. The fourth-order valence-corrected chi connectivity index (χ4v) is 2.89. The van der Waals surface area contributed by atoms with E-state index in [1.807, 2.05) is 37.1 Å². The number of aromatic nitrogens is 3. The largest absolute Gasteiger partial charge is 0.327 e. The molecule has 1 aliphatic rings. The van der Waals surface area contributed by atoms with Gasteiger partial charge in [0.1, 0.15) is 0 Å². The van der Waals surface area contributed by atoms with Gasteiger partial charge in [-0.25, -0.2) is 4.98 Å². The van der Waals surface area contributed by atoms with Crippen molar-refractivity contribution in [2.75, 3.05) is 13.1 Å². The van der Waals surface area contributed by atoms with Crippen LogP contribution >= 0.6 is 0 Å². The van der Waals surface area contributed by atoms with Crippen LogP contribution < -0.4 is 5.32 Å². The second-order valence-corrected chi connectivity index (χ2v) is 5.27. The molecule has 0 saturated carbocycles. The zero-order valence-electron chi connectivity index (χ0n) is 11.3. The van der Waals surface area contributed by atoms with Crippen LogP contribution in [0.15, 0.2) is 37.1 Å². The Morgan fingerprint density at radius 1 is 1.32 bits per heavy atom. The monoisotopic (exact) mass is 256 g/mol. The third-order valence-corrected chi connectivity index (χ3v) is 4.10. The van der Waals surface area contributed by atoms with E-state index in [0.717, 1.165) is 13.1 Å². The van der Waals surface area contributed by atoms with Crippen LogP contribution in [0.2, 0.25) is 0 Å². The number of rotatable bonds is 3. The van der Waals surface area contributed by atoms with Gasteiger partial charge in [-0.05, 0) is 50.9 Å². The molecule has 0 aromatic carbocycles. The molecule has 1 N–H and O–H groups in total. The van der Waals surface area contributed by atoms with Gasteiger partial charge in [0.15, 0.2) is 0 Å². The summed E-state index contributed by atoms with van der Waals surface area (Å²) in [6.45, 7) is 4.56. The van der Waals surface area contributed by atoms with Crippen molar-refractivity contribution in [1.29, 1.82) is 0 Å². The Morgan fingerprint density at radius 2 is 2.16 bits per heavy atom. The lowest BCUT2D eigenvalue weighted by Crippen LogP contribution is -2.34. The number of piperidine rings is 1. The molecular weight excluding hydrogens is 236 g/mol. The van der Waals surface area contributed by atoms with Gasteiger partial charge in [0, 0.05) is 24.0 Å². The van der Waals surface area contributed by atoms with Crippen LogP contribution in [0.5, 0.6) is 0 Å². The van der Waals surface area contributed by atoms with Crippen molar-refractivity contribution < 1.29 is 0 Å². The van der Waals surface area contributed by atoms with E-state index in [2.05, 4.69) is 26.8 Å². The fraction of sp³-hybridized carbons (Fsp3) is 0.467. The topological polar surface area (TPSA) is 42.7 Å². The van der Waals surface area contributed by atoms with E-state index in [1.54, 1.807) is 0 Å². The molecule has 3 heterocycles. The lowest BCUT2D eigenvalue weighted by Gasteiger charge is -2.30. The average molecular weight is 256 g/mol. The molecule has 0 aliphatic carbocycles. The average Bonchev–Trinajstić information content (AvgIpc) is 2.98. The highest BCUT2D eigenvalue weighted by Crippen LogP contribution is 2.29. The number of pyridine rings is 1. The quantitative estimate of drug-likeness (QED) is 0.917. The highest BCUT2D eigenvalue weighted by molar-refractivity contribution is 5.58. The summed E-state index contributed by atoms with van der Waals surface area (Å²) in [5.74, 6) is 0.684. The normalized spacial score (nSPS) is 21.2. The van der Waals surface area contributed by atoms with E-state index >= 15 is 0 Å². The molecule has 19 heavy (non-hydrogen) atoms. The highest BCUT2D eigenvalue weighted by Gasteiger charge is 2.22. The van der Waals surface area contributed by atoms with Crippen LogP contribution in [0, 0.1) is 5.92 Å². The van der Waals surface area contributed by atoms with Crippen LogP contribution in [-0.4, -0.2) is 27.6 Å². The minimum Gasteiger partial charge on any atom is -0.327 e. The zero-order chi connectivity index (χ0) is 13.1. The molecule has 2 atom stereocenters. The van der Waals surface area contributed by atoms with Crippen molar-refractivity contribution in [1.82, 2.24) is 19.9 Å². The molecule has 0 radical (unpaired) electrons. The molecule has 4 nitrogen and oxygen atoms in total. The number of hydrogen-bond donors (Lipinski definition) is 1. The molecule has 2 aromatic heterocycles. The third kappa shape index (κ3) is 2.54. The Bertz CT molecular complexity index is 514. The van der Waals surface area contributed by atoms with E-state index < -0.39 is 0 Å². The van der Waals surface area contributed by atoms with Crippen LogP contribution in [0.3, 0.4) is 0 Å². The first-order valence-electron chi connectivity index (χ1n) is 6.99. The molecule has 4 heteroatoms. The van der Waals surface area contributed by atoms with Crippen LogP contribution in [-0.2, 0) is 0 Å². The highest BCUT2D eigenvalue weighted by atomic mass is 15.1. The molecule has 0 spiro atoms. The van der Waals surface area contributed by atoms with E-state index in [1.165, 1.54) is 24.1 Å². The molecular formula is C15H20N4. The first kappa shape index (κ1) is 12.4. The van der Waals surface area contributed by atoms with Crippen molar-refractivity contribution in [3.63, 3.8) is 0 Å². The second-order valence-electron chi connectivity index (χ2n) is 5.27. The van der Waals surface area contributed by atoms with Crippen LogP contribution in [0.25, 0.3) is 11.3 Å². The van der Waals surface area contributed by atoms with Crippen LogP contribution in [0.4, 0.5) is 0 Å². The predicted octanol–water partition coefficient (Wildman–Crippen LogP) is 2.51. The Kier molecular flexibility index (Phi) is 3.60. The summed E-state index contributed by atoms with van der Waals surface area (Å²) in [6.07, 6.45) is 10.1. The lowest BCUT2D eigenvalue weighted by molar-refractivity contribution is 0.281. The van der Waals surface area contributed by atoms with E-state index in [-0.39, 0.29) is 0 Å². The summed E-state index contributed by atoms with van der Waals surface area (Å²) < 4.78 is 2.30. The fourth-order valence-electron chi connectivity index (χ4n) is 2.89. The predicted molar refractivity (Wildman–Crippen MR) is 75.8 cm³/mol. The van der Waals surface area contributed by atoms with E-state index in [9.17, 15) is 0 Å². The molecule has 0 bridgehead atoms. The van der Waals surface area contributed by atoms with Crippen molar-refractivity contribution in [3.8, 4) is 11.3 Å². The standard InChI is InChI=1S/C15H20N4/c1-12(14-3-2-6-17-9-14)19-11-18-10-15(19)13-4-7-16-8-5-13/h4-5,7-8,10-12,14,17H,2-3,6,9H2,1H3. The van der Waals surface area contributed by atoms with Gasteiger partial charge in [0.2, 0.25) is 0 Å². The third-order valence-electron chi connectivity index (χ3n) is 4.10. The van der Waals surface area contributed by atoms with Gasteiger partial charge in [-0.3, -0.25) is 4.98 Å². The molecule has 1 aliphatic heterocycles. The Balaban J connectivity index is 1.87. The molecule has 2 unspecified atom stereocenters. The zero-order valence-corrected chi connectivity index (χ0v) is 11.3. The molecule has 1 saturated heterocycles. The van der Waals surface area contributed by atoms with Crippen molar-refractivity contribution in [2.24, 2.45) is 5.92 Å². The molecule has 100 valence electrons. The SMILES string of the molecule is CC(C1CCCNC1)n1cncc1-c1ccncc1. The number of nitrogens with one attached hydrogen (secondary N) is 1. The first-order chi connectivity index (χ1) is 9.36.